The van der Waals surface area contributed by atoms with Gasteiger partial charge in [-0.3, -0.25) is 4.79 Å². The lowest BCUT2D eigenvalue weighted by atomic mass is 10.2. The van der Waals surface area contributed by atoms with Crippen LogP contribution in [0.3, 0.4) is 0 Å². The third kappa shape index (κ3) is 4.37. The number of aliphatic carboxylic acids is 1. The monoisotopic (exact) mass is 591 g/mol. The predicted molar refractivity (Wildman–Crippen MR) is 117 cm³/mol. The number of hydrogen-bond donors (Lipinski definition) is 2. The minimum Gasteiger partial charge on any atom is -0.480 e. The minimum absolute atomic E-state index is 0.357. The highest BCUT2D eigenvalue weighted by Gasteiger charge is 2.11. The number of rotatable bonds is 5. The van der Waals surface area contributed by atoms with Crippen LogP contribution in [0.2, 0.25) is 0 Å². The number of carbonyl (C=O) groups is 1. The van der Waals surface area contributed by atoms with E-state index in [0.29, 0.717) is 29.4 Å². The predicted octanol–water partition coefficient (Wildman–Crippen LogP) is 2.24. The largest absolute Gasteiger partial charge is 0.480 e. The number of aromatic nitrogens is 2. The van der Waals surface area contributed by atoms with Crippen molar-refractivity contribution in [2.24, 2.45) is 5.10 Å². The summed E-state index contributed by atoms with van der Waals surface area (Å²) in [7, 11) is 0. The Hall–Kier alpha value is -2.22. The number of carboxylic acid groups (broad SMARTS) is 1. The number of fused-ring (bicyclic) bond motifs is 1. The van der Waals surface area contributed by atoms with E-state index in [1.165, 1.54) is 6.21 Å². The van der Waals surface area contributed by atoms with Crippen molar-refractivity contribution in [2.45, 2.75) is 0 Å². The van der Waals surface area contributed by atoms with Crippen LogP contribution in [0.5, 0.6) is 5.75 Å². The number of benzene rings is 2. The first kappa shape index (κ1) is 19.5. The Morgan fingerprint density at radius 3 is 2.56 bits per heavy atom. The average Bonchev–Trinajstić information content (AvgIpc) is 2.60. The normalized spacial score (nSPS) is 11.2. The molecule has 0 atom stereocenters. The second kappa shape index (κ2) is 8.21. The van der Waals surface area contributed by atoms with Crippen molar-refractivity contribution in [2.75, 3.05) is 6.61 Å². The van der Waals surface area contributed by atoms with Crippen molar-refractivity contribution < 1.29 is 14.6 Å². The highest BCUT2D eigenvalue weighted by Crippen LogP contribution is 2.28. The van der Waals surface area contributed by atoms with Crippen LogP contribution in [0.15, 0.2) is 51.1 Å². The standard InChI is InChI=1S/C17H11I2N3O5/c18-11-5-9(6-12(19)15(11)27-8-14(23)24)7-20-22-16(25)10-3-1-2-4-13(10)21-17(22)26/h1-7H,8H2,(H,21,26)(H,23,24). The summed E-state index contributed by atoms with van der Waals surface area (Å²) in [5.74, 6) is -0.612. The van der Waals surface area contributed by atoms with Gasteiger partial charge >= 0.3 is 11.7 Å². The molecule has 0 bridgehead atoms. The summed E-state index contributed by atoms with van der Waals surface area (Å²) in [6.07, 6.45) is 1.39. The highest BCUT2D eigenvalue weighted by molar-refractivity contribution is 14.1. The van der Waals surface area contributed by atoms with Crippen LogP contribution in [-0.4, -0.2) is 33.6 Å². The molecule has 138 valence electrons. The Balaban J connectivity index is 1.97. The van der Waals surface area contributed by atoms with E-state index in [0.717, 1.165) is 4.68 Å². The molecule has 0 fully saturated rings. The van der Waals surface area contributed by atoms with Gasteiger partial charge in [-0.2, -0.15) is 5.10 Å². The summed E-state index contributed by atoms with van der Waals surface area (Å²) in [6, 6.07) is 10.1. The summed E-state index contributed by atoms with van der Waals surface area (Å²) >= 11 is 4.03. The van der Waals surface area contributed by atoms with E-state index in [4.69, 9.17) is 9.84 Å². The molecule has 0 radical (unpaired) electrons. The molecule has 1 heterocycles. The van der Waals surface area contributed by atoms with Gasteiger partial charge in [-0.15, -0.1) is 4.68 Å². The first-order chi connectivity index (χ1) is 12.9. The first-order valence-corrected chi connectivity index (χ1v) is 9.64. The molecule has 8 nitrogen and oxygen atoms in total. The fraction of sp³-hybridized carbons (Fsp3) is 0.0588. The van der Waals surface area contributed by atoms with Gasteiger partial charge < -0.3 is 14.8 Å². The minimum atomic E-state index is -1.07. The number of carboxylic acids is 1. The van der Waals surface area contributed by atoms with Gasteiger partial charge in [0.1, 0.15) is 5.75 Å². The lowest BCUT2D eigenvalue weighted by Crippen LogP contribution is -2.32. The number of aromatic amines is 1. The maximum absolute atomic E-state index is 12.5. The van der Waals surface area contributed by atoms with E-state index in [1.807, 2.05) is 45.2 Å². The zero-order chi connectivity index (χ0) is 19.6. The van der Waals surface area contributed by atoms with Crippen molar-refractivity contribution in [3.63, 3.8) is 0 Å². The van der Waals surface area contributed by atoms with Crippen LogP contribution >= 0.6 is 45.2 Å². The number of ether oxygens (including phenoxy) is 1. The third-order valence-corrected chi connectivity index (χ3v) is 5.07. The van der Waals surface area contributed by atoms with Crippen LogP contribution in [0.1, 0.15) is 5.56 Å². The van der Waals surface area contributed by atoms with Crippen molar-refractivity contribution in [3.05, 3.63) is 69.9 Å². The van der Waals surface area contributed by atoms with E-state index in [9.17, 15) is 14.4 Å². The third-order valence-electron chi connectivity index (χ3n) is 3.47. The number of H-pyrrole nitrogens is 1. The summed E-state index contributed by atoms with van der Waals surface area (Å²) in [5, 5.41) is 13.1. The summed E-state index contributed by atoms with van der Waals surface area (Å²) in [5.41, 5.74) is -0.0777. The molecule has 0 saturated heterocycles. The lowest BCUT2D eigenvalue weighted by Gasteiger charge is -2.09. The molecular formula is C17H11I2N3O5. The zero-order valence-electron chi connectivity index (χ0n) is 13.5. The van der Waals surface area contributed by atoms with Crippen LogP contribution < -0.4 is 16.0 Å². The molecule has 0 unspecified atom stereocenters. The van der Waals surface area contributed by atoms with E-state index in [2.05, 4.69) is 10.1 Å². The van der Waals surface area contributed by atoms with E-state index < -0.39 is 23.8 Å². The highest BCUT2D eigenvalue weighted by atomic mass is 127. The molecular weight excluding hydrogens is 580 g/mol. The van der Waals surface area contributed by atoms with Gasteiger partial charge in [0.25, 0.3) is 5.56 Å². The maximum Gasteiger partial charge on any atom is 0.349 e. The van der Waals surface area contributed by atoms with Crippen LogP contribution in [0.25, 0.3) is 10.9 Å². The van der Waals surface area contributed by atoms with Crippen LogP contribution in [0.4, 0.5) is 0 Å². The van der Waals surface area contributed by atoms with Crippen LogP contribution in [0, 0.1) is 7.14 Å². The molecule has 0 aliphatic rings. The maximum atomic E-state index is 12.5. The Labute approximate surface area is 179 Å². The summed E-state index contributed by atoms with van der Waals surface area (Å²) < 4.78 is 7.39. The number of para-hydroxylation sites is 1. The summed E-state index contributed by atoms with van der Waals surface area (Å²) in [4.78, 5) is 37.9. The molecule has 3 aromatic rings. The zero-order valence-corrected chi connectivity index (χ0v) is 17.8. The molecule has 0 aliphatic heterocycles. The first-order valence-electron chi connectivity index (χ1n) is 7.49. The average molecular weight is 591 g/mol. The van der Waals surface area contributed by atoms with Crippen molar-refractivity contribution in [3.8, 4) is 5.75 Å². The van der Waals surface area contributed by atoms with Gasteiger partial charge in [0.2, 0.25) is 0 Å². The molecule has 10 heteroatoms. The molecule has 0 spiro atoms. The smallest absolute Gasteiger partial charge is 0.349 e. The molecule has 0 aliphatic carbocycles. The van der Waals surface area contributed by atoms with Gasteiger partial charge in [0.05, 0.1) is 24.3 Å². The van der Waals surface area contributed by atoms with E-state index in [1.54, 1.807) is 36.4 Å². The Morgan fingerprint density at radius 2 is 1.89 bits per heavy atom. The summed E-state index contributed by atoms with van der Waals surface area (Å²) in [6.45, 7) is -0.443. The number of nitrogens with zero attached hydrogens (tertiary/aromatic N) is 2. The van der Waals surface area contributed by atoms with Crippen molar-refractivity contribution in [1.29, 1.82) is 0 Å². The van der Waals surface area contributed by atoms with Crippen molar-refractivity contribution >= 4 is 68.3 Å². The molecule has 27 heavy (non-hydrogen) atoms. The van der Waals surface area contributed by atoms with Crippen molar-refractivity contribution in [1.82, 2.24) is 9.66 Å². The number of halogens is 2. The van der Waals surface area contributed by atoms with E-state index >= 15 is 0 Å². The molecule has 2 N–H and O–H groups in total. The van der Waals surface area contributed by atoms with E-state index in [-0.39, 0.29) is 0 Å². The fourth-order valence-electron chi connectivity index (χ4n) is 2.31. The fourth-order valence-corrected chi connectivity index (χ4v) is 4.44. The Kier molecular flexibility index (Phi) is 5.94. The Bertz CT molecular complexity index is 1160. The van der Waals surface area contributed by atoms with Crippen LogP contribution in [-0.2, 0) is 4.79 Å². The number of nitrogens with one attached hydrogen (secondary N) is 1. The number of hydrogen-bond acceptors (Lipinski definition) is 5. The topological polar surface area (TPSA) is 114 Å². The van der Waals surface area contributed by atoms with Gasteiger partial charge in [0.15, 0.2) is 6.61 Å². The quantitative estimate of drug-likeness (QED) is 0.350. The van der Waals surface area contributed by atoms with Gasteiger partial charge in [-0.1, -0.05) is 12.1 Å². The molecule has 0 amide bonds. The molecule has 0 saturated carbocycles. The Morgan fingerprint density at radius 1 is 1.22 bits per heavy atom. The molecule has 3 rings (SSSR count). The molecule has 2 aromatic carbocycles. The second-order valence-corrected chi connectivity index (χ2v) is 7.66. The lowest BCUT2D eigenvalue weighted by molar-refractivity contribution is -0.139. The molecule has 1 aromatic heterocycles. The SMILES string of the molecule is O=C(O)COc1c(I)cc(C=Nn2c(=O)[nH]c3ccccc3c2=O)cc1I. The van der Waals surface area contributed by atoms with Gasteiger partial charge in [-0.05, 0) is 75.0 Å². The second-order valence-electron chi connectivity index (χ2n) is 5.33. The van der Waals surface area contributed by atoms with Gasteiger partial charge in [-0.25, -0.2) is 9.59 Å². The van der Waals surface area contributed by atoms with Gasteiger partial charge in [0, 0.05) is 0 Å².